The topological polar surface area (TPSA) is 81.7 Å². The predicted molar refractivity (Wildman–Crippen MR) is 94.4 cm³/mol. The minimum absolute atomic E-state index is 0.00585. The standard InChI is InChI=1S/C18H20FN7O/c1-13(27)25-8-3-2-7-16(25)18-22-17(10-24-12-20-11-21-24)23-26(18)15-6-4-5-14(19)9-15/h4-6,9,11-12,16H,2-3,7-8,10H2,1H3. The molecule has 8 nitrogen and oxygen atoms in total. The average Bonchev–Trinajstić information content (AvgIpc) is 3.32. The number of carbonyl (C=O) groups is 1. The summed E-state index contributed by atoms with van der Waals surface area (Å²) in [7, 11) is 0. The number of aromatic nitrogens is 6. The van der Waals surface area contributed by atoms with E-state index in [1.54, 1.807) is 34.7 Å². The molecule has 1 unspecified atom stereocenters. The highest BCUT2D eigenvalue weighted by Gasteiger charge is 2.31. The van der Waals surface area contributed by atoms with Crippen LogP contribution in [0.15, 0.2) is 36.9 Å². The van der Waals surface area contributed by atoms with Crippen LogP contribution in [0.3, 0.4) is 0 Å². The second kappa shape index (κ2) is 7.26. The van der Waals surface area contributed by atoms with Crippen LogP contribution in [-0.4, -0.2) is 46.9 Å². The van der Waals surface area contributed by atoms with Gasteiger partial charge in [0.2, 0.25) is 5.91 Å². The van der Waals surface area contributed by atoms with Crippen LogP contribution < -0.4 is 0 Å². The van der Waals surface area contributed by atoms with Gasteiger partial charge in [-0.25, -0.2) is 23.7 Å². The van der Waals surface area contributed by atoms with E-state index in [-0.39, 0.29) is 17.8 Å². The second-order valence-electron chi connectivity index (χ2n) is 6.59. The highest BCUT2D eigenvalue weighted by Crippen LogP contribution is 2.31. The van der Waals surface area contributed by atoms with Crippen molar-refractivity contribution in [3.05, 3.63) is 54.4 Å². The smallest absolute Gasteiger partial charge is 0.220 e. The Morgan fingerprint density at radius 1 is 1.33 bits per heavy atom. The molecular weight excluding hydrogens is 349 g/mol. The minimum Gasteiger partial charge on any atom is -0.333 e. The number of hydrogen-bond acceptors (Lipinski definition) is 5. The van der Waals surface area contributed by atoms with Crippen LogP contribution in [0.1, 0.15) is 43.9 Å². The monoisotopic (exact) mass is 369 g/mol. The fraction of sp³-hybridized carbons (Fsp3) is 0.389. The molecule has 9 heteroatoms. The maximum Gasteiger partial charge on any atom is 0.220 e. The number of hydrogen-bond donors (Lipinski definition) is 0. The molecule has 1 amide bonds. The molecule has 3 aromatic rings. The molecule has 0 spiro atoms. The summed E-state index contributed by atoms with van der Waals surface area (Å²) in [5.41, 5.74) is 0.580. The molecule has 140 valence electrons. The van der Waals surface area contributed by atoms with Crippen molar-refractivity contribution in [1.29, 1.82) is 0 Å². The Kier molecular flexibility index (Phi) is 4.66. The molecule has 1 aliphatic heterocycles. The first-order valence-electron chi connectivity index (χ1n) is 8.93. The number of nitrogens with zero attached hydrogens (tertiary/aromatic N) is 7. The molecule has 27 heavy (non-hydrogen) atoms. The predicted octanol–water partition coefficient (Wildman–Crippen LogP) is 2.12. The summed E-state index contributed by atoms with van der Waals surface area (Å²) in [6, 6.07) is 6.03. The van der Waals surface area contributed by atoms with Gasteiger partial charge in [-0.2, -0.15) is 5.10 Å². The summed E-state index contributed by atoms with van der Waals surface area (Å²) in [5.74, 6) is 0.838. The molecule has 1 aromatic carbocycles. The lowest BCUT2D eigenvalue weighted by atomic mass is 10.0. The first kappa shape index (κ1) is 17.3. The van der Waals surface area contributed by atoms with Crippen molar-refractivity contribution in [3.63, 3.8) is 0 Å². The summed E-state index contributed by atoms with van der Waals surface area (Å²) in [5, 5.41) is 8.66. The van der Waals surface area contributed by atoms with Crippen molar-refractivity contribution in [3.8, 4) is 5.69 Å². The van der Waals surface area contributed by atoms with Gasteiger partial charge in [0.15, 0.2) is 11.6 Å². The van der Waals surface area contributed by atoms with Crippen molar-refractivity contribution >= 4 is 5.91 Å². The third-order valence-corrected chi connectivity index (χ3v) is 4.70. The Labute approximate surface area is 155 Å². The quantitative estimate of drug-likeness (QED) is 0.704. The van der Waals surface area contributed by atoms with Crippen LogP contribution >= 0.6 is 0 Å². The Hall–Kier alpha value is -3.10. The van der Waals surface area contributed by atoms with Gasteiger partial charge in [-0.1, -0.05) is 6.07 Å². The van der Waals surface area contributed by atoms with E-state index in [1.807, 2.05) is 4.90 Å². The number of likely N-dealkylation sites (tertiary alicyclic amines) is 1. The largest absolute Gasteiger partial charge is 0.333 e. The zero-order valence-electron chi connectivity index (χ0n) is 15.0. The van der Waals surface area contributed by atoms with E-state index in [0.717, 1.165) is 19.3 Å². The summed E-state index contributed by atoms with van der Waals surface area (Å²) in [4.78, 5) is 22.6. The van der Waals surface area contributed by atoms with Gasteiger partial charge in [0.25, 0.3) is 0 Å². The van der Waals surface area contributed by atoms with Crippen LogP contribution in [0, 0.1) is 5.82 Å². The maximum absolute atomic E-state index is 13.8. The van der Waals surface area contributed by atoms with E-state index < -0.39 is 0 Å². The molecule has 0 N–H and O–H groups in total. The lowest BCUT2D eigenvalue weighted by Gasteiger charge is -2.34. The highest BCUT2D eigenvalue weighted by atomic mass is 19.1. The fourth-order valence-electron chi connectivity index (χ4n) is 3.49. The van der Waals surface area contributed by atoms with E-state index in [0.29, 0.717) is 30.4 Å². The Morgan fingerprint density at radius 2 is 2.22 bits per heavy atom. The Bertz CT molecular complexity index is 937. The van der Waals surface area contributed by atoms with Crippen LogP contribution in [0.2, 0.25) is 0 Å². The summed E-state index contributed by atoms with van der Waals surface area (Å²) >= 11 is 0. The van der Waals surface area contributed by atoms with E-state index in [2.05, 4.69) is 15.2 Å². The van der Waals surface area contributed by atoms with Gasteiger partial charge < -0.3 is 4.90 Å². The number of benzene rings is 1. The number of rotatable bonds is 4. The molecule has 3 heterocycles. The van der Waals surface area contributed by atoms with Crippen molar-refractivity contribution < 1.29 is 9.18 Å². The third kappa shape index (κ3) is 3.57. The van der Waals surface area contributed by atoms with Gasteiger partial charge in [0, 0.05) is 13.5 Å². The number of halogens is 1. The molecule has 0 bridgehead atoms. The number of amides is 1. The number of carbonyl (C=O) groups excluding carboxylic acids is 1. The van der Waals surface area contributed by atoms with Gasteiger partial charge in [0.05, 0.1) is 11.7 Å². The molecule has 0 radical (unpaired) electrons. The molecule has 0 saturated carbocycles. The first-order valence-corrected chi connectivity index (χ1v) is 8.93. The van der Waals surface area contributed by atoms with Crippen LogP contribution in [0.5, 0.6) is 0 Å². The van der Waals surface area contributed by atoms with E-state index in [1.165, 1.54) is 18.5 Å². The molecule has 0 aliphatic carbocycles. The van der Waals surface area contributed by atoms with Crippen molar-refractivity contribution in [2.75, 3.05) is 6.54 Å². The molecule has 1 aliphatic rings. The minimum atomic E-state index is -0.348. The fourth-order valence-corrected chi connectivity index (χ4v) is 3.49. The molecule has 4 rings (SSSR count). The van der Waals surface area contributed by atoms with Crippen molar-refractivity contribution in [2.45, 2.75) is 38.8 Å². The normalized spacial score (nSPS) is 17.3. The second-order valence-corrected chi connectivity index (χ2v) is 6.59. The van der Waals surface area contributed by atoms with Crippen LogP contribution in [0.4, 0.5) is 4.39 Å². The van der Waals surface area contributed by atoms with E-state index in [9.17, 15) is 9.18 Å². The summed E-state index contributed by atoms with van der Waals surface area (Å²) < 4.78 is 17.1. The highest BCUT2D eigenvalue weighted by molar-refractivity contribution is 5.73. The lowest BCUT2D eigenvalue weighted by Crippen LogP contribution is -2.38. The van der Waals surface area contributed by atoms with Crippen molar-refractivity contribution in [2.24, 2.45) is 0 Å². The Morgan fingerprint density at radius 3 is 2.96 bits per heavy atom. The average molecular weight is 369 g/mol. The van der Waals surface area contributed by atoms with Gasteiger partial charge >= 0.3 is 0 Å². The number of piperidine rings is 1. The van der Waals surface area contributed by atoms with Crippen LogP contribution in [0.25, 0.3) is 5.69 Å². The zero-order valence-corrected chi connectivity index (χ0v) is 15.0. The Balaban J connectivity index is 1.77. The summed E-state index contributed by atoms with van der Waals surface area (Å²) in [6.45, 7) is 2.61. The third-order valence-electron chi connectivity index (χ3n) is 4.70. The first-order chi connectivity index (χ1) is 13.1. The van der Waals surface area contributed by atoms with E-state index in [4.69, 9.17) is 4.98 Å². The lowest BCUT2D eigenvalue weighted by molar-refractivity contribution is -0.132. The van der Waals surface area contributed by atoms with Crippen molar-refractivity contribution in [1.82, 2.24) is 34.4 Å². The molecule has 1 fully saturated rings. The SMILES string of the molecule is CC(=O)N1CCCCC1c1nc(Cn2cncn2)nn1-c1cccc(F)c1. The van der Waals surface area contributed by atoms with Crippen LogP contribution in [-0.2, 0) is 11.3 Å². The molecule has 1 atom stereocenters. The summed E-state index contributed by atoms with van der Waals surface area (Å²) in [6.07, 6.45) is 5.81. The zero-order chi connectivity index (χ0) is 18.8. The maximum atomic E-state index is 13.8. The van der Waals surface area contributed by atoms with Gasteiger partial charge in [-0.3, -0.25) is 4.79 Å². The van der Waals surface area contributed by atoms with Gasteiger partial charge in [-0.05, 0) is 37.5 Å². The molecule has 2 aromatic heterocycles. The molecular formula is C18H20FN7O. The van der Waals surface area contributed by atoms with Gasteiger partial charge in [0.1, 0.15) is 25.0 Å². The van der Waals surface area contributed by atoms with Gasteiger partial charge in [-0.15, -0.1) is 5.10 Å². The molecule has 1 saturated heterocycles. The van der Waals surface area contributed by atoms with E-state index >= 15 is 0 Å².